The van der Waals surface area contributed by atoms with Crippen LogP contribution in [0.1, 0.15) is 63.9 Å². The summed E-state index contributed by atoms with van der Waals surface area (Å²) in [4.78, 5) is 2.51. The van der Waals surface area contributed by atoms with E-state index in [1.807, 2.05) is 24.3 Å². The van der Waals surface area contributed by atoms with Crippen molar-refractivity contribution >= 4 is 12.4 Å². The SMILES string of the molecule is CCCCCCCN1CCCCC1Oc1ccc(OCc2ccc(F)cc2)cc1.Cl. The predicted octanol–water partition coefficient (Wildman–Crippen LogP) is 6.99. The predicted molar refractivity (Wildman–Crippen MR) is 123 cm³/mol. The average molecular weight is 436 g/mol. The van der Waals surface area contributed by atoms with E-state index in [1.54, 1.807) is 12.1 Å². The molecule has 1 saturated heterocycles. The number of ether oxygens (including phenoxy) is 2. The Labute approximate surface area is 187 Å². The maximum atomic E-state index is 13.0. The van der Waals surface area contributed by atoms with Crippen LogP contribution in [-0.2, 0) is 6.61 Å². The summed E-state index contributed by atoms with van der Waals surface area (Å²) >= 11 is 0. The molecule has 1 unspecified atom stereocenters. The molecular weight excluding hydrogens is 401 g/mol. The van der Waals surface area contributed by atoms with Crippen molar-refractivity contribution in [1.82, 2.24) is 4.90 Å². The molecule has 3 rings (SSSR count). The van der Waals surface area contributed by atoms with Crippen molar-refractivity contribution in [2.24, 2.45) is 0 Å². The second-order valence-corrected chi connectivity index (χ2v) is 7.91. The molecule has 0 N–H and O–H groups in total. The first-order valence-corrected chi connectivity index (χ1v) is 11.1. The highest BCUT2D eigenvalue weighted by Crippen LogP contribution is 2.24. The van der Waals surface area contributed by atoms with Crippen LogP contribution in [-0.4, -0.2) is 24.2 Å². The highest BCUT2D eigenvalue weighted by Gasteiger charge is 2.23. The van der Waals surface area contributed by atoms with E-state index < -0.39 is 0 Å². The van der Waals surface area contributed by atoms with Crippen LogP contribution < -0.4 is 9.47 Å². The minimum absolute atomic E-state index is 0. The van der Waals surface area contributed by atoms with Crippen LogP contribution in [0.25, 0.3) is 0 Å². The summed E-state index contributed by atoms with van der Waals surface area (Å²) < 4.78 is 25.1. The van der Waals surface area contributed by atoms with Crippen molar-refractivity contribution in [3.63, 3.8) is 0 Å². The van der Waals surface area contributed by atoms with Crippen LogP contribution in [0.15, 0.2) is 48.5 Å². The summed E-state index contributed by atoms with van der Waals surface area (Å²) in [6, 6.07) is 14.2. The average Bonchev–Trinajstić information content (AvgIpc) is 2.75. The van der Waals surface area contributed by atoms with Crippen LogP contribution in [0.2, 0.25) is 0 Å². The Hall–Kier alpha value is -1.78. The second-order valence-electron chi connectivity index (χ2n) is 7.91. The monoisotopic (exact) mass is 435 g/mol. The van der Waals surface area contributed by atoms with Gasteiger partial charge in [-0.1, -0.05) is 44.7 Å². The van der Waals surface area contributed by atoms with E-state index >= 15 is 0 Å². The normalized spacial score (nSPS) is 16.7. The third-order valence-electron chi connectivity index (χ3n) is 5.52. The number of hydrogen-bond acceptors (Lipinski definition) is 3. The first kappa shape index (κ1) is 24.5. The molecule has 3 nitrogen and oxygen atoms in total. The molecule has 1 aliphatic rings. The van der Waals surface area contributed by atoms with Crippen molar-refractivity contribution in [3.8, 4) is 11.5 Å². The zero-order valence-electron chi connectivity index (χ0n) is 18.0. The zero-order valence-corrected chi connectivity index (χ0v) is 18.8. The minimum atomic E-state index is -0.229. The van der Waals surface area contributed by atoms with E-state index in [1.165, 1.54) is 57.1 Å². The number of benzene rings is 2. The number of likely N-dealkylation sites (tertiary alicyclic amines) is 1. The molecule has 166 valence electrons. The van der Waals surface area contributed by atoms with Gasteiger partial charge in [0.25, 0.3) is 0 Å². The van der Waals surface area contributed by atoms with Gasteiger partial charge in [-0.05, 0) is 67.6 Å². The van der Waals surface area contributed by atoms with E-state index in [4.69, 9.17) is 9.47 Å². The molecule has 1 aliphatic heterocycles. The lowest BCUT2D eigenvalue weighted by Gasteiger charge is -2.35. The van der Waals surface area contributed by atoms with Crippen molar-refractivity contribution in [1.29, 1.82) is 0 Å². The fraction of sp³-hybridized carbons (Fsp3) is 0.520. The van der Waals surface area contributed by atoms with Crippen LogP contribution in [0.4, 0.5) is 4.39 Å². The Bertz CT molecular complexity index is 708. The highest BCUT2D eigenvalue weighted by molar-refractivity contribution is 5.85. The first-order valence-electron chi connectivity index (χ1n) is 11.1. The van der Waals surface area contributed by atoms with Crippen LogP contribution in [0.3, 0.4) is 0 Å². The zero-order chi connectivity index (χ0) is 20.3. The lowest BCUT2D eigenvalue weighted by Crippen LogP contribution is -2.43. The molecule has 30 heavy (non-hydrogen) atoms. The number of halogens is 2. The summed E-state index contributed by atoms with van der Waals surface area (Å²) in [5, 5.41) is 0. The Morgan fingerprint density at radius 2 is 1.60 bits per heavy atom. The lowest BCUT2D eigenvalue weighted by molar-refractivity contribution is -0.00477. The van der Waals surface area contributed by atoms with Crippen molar-refractivity contribution in [2.45, 2.75) is 71.1 Å². The number of hydrogen-bond donors (Lipinski definition) is 0. The highest BCUT2D eigenvalue weighted by atomic mass is 35.5. The van der Waals surface area contributed by atoms with Gasteiger partial charge in [-0.2, -0.15) is 0 Å². The van der Waals surface area contributed by atoms with E-state index in [2.05, 4.69) is 11.8 Å². The molecule has 1 heterocycles. The lowest BCUT2D eigenvalue weighted by atomic mass is 10.1. The molecule has 0 bridgehead atoms. The molecule has 2 aromatic rings. The topological polar surface area (TPSA) is 21.7 Å². The van der Waals surface area contributed by atoms with Gasteiger partial charge in [0.1, 0.15) is 23.9 Å². The van der Waals surface area contributed by atoms with Gasteiger partial charge in [0.05, 0.1) is 0 Å². The molecule has 0 radical (unpaired) electrons. The second kappa shape index (κ2) is 13.5. The molecule has 0 amide bonds. The maximum Gasteiger partial charge on any atom is 0.152 e. The van der Waals surface area contributed by atoms with E-state index in [0.29, 0.717) is 6.61 Å². The van der Waals surface area contributed by atoms with Gasteiger partial charge in [0, 0.05) is 13.1 Å². The number of piperidine rings is 1. The van der Waals surface area contributed by atoms with Crippen molar-refractivity contribution in [3.05, 3.63) is 59.9 Å². The van der Waals surface area contributed by atoms with Gasteiger partial charge in [0.15, 0.2) is 6.23 Å². The Morgan fingerprint density at radius 3 is 2.33 bits per heavy atom. The van der Waals surface area contributed by atoms with Gasteiger partial charge in [0.2, 0.25) is 0 Å². The summed E-state index contributed by atoms with van der Waals surface area (Å²) in [5.74, 6) is 1.45. The molecule has 1 fully saturated rings. The molecule has 5 heteroatoms. The van der Waals surface area contributed by atoms with Gasteiger partial charge >= 0.3 is 0 Å². The largest absolute Gasteiger partial charge is 0.489 e. The molecule has 0 aliphatic carbocycles. The number of unbranched alkanes of at least 4 members (excludes halogenated alkanes) is 4. The molecule has 0 aromatic heterocycles. The molecule has 0 spiro atoms. The van der Waals surface area contributed by atoms with E-state index in [9.17, 15) is 4.39 Å². The van der Waals surface area contributed by atoms with E-state index in [-0.39, 0.29) is 24.5 Å². The maximum absolute atomic E-state index is 13.0. The summed E-state index contributed by atoms with van der Waals surface area (Å²) in [7, 11) is 0. The Kier molecular flexibility index (Phi) is 11.0. The van der Waals surface area contributed by atoms with Gasteiger partial charge in [-0.15, -0.1) is 12.4 Å². The first-order chi connectivity index (χ1) is 14.2. The van der Waals surface area contributed by atoms with Crippen LogP contribution in [0.5, 0.6) is 11.5 Å². The number of nitrogens with zero attached hydrogens (tertiary/aromatic N) is 1. The molecular formula is C25H35ClFNO2. The summed E-state index contributed by atoms with van der Waals surface area (Å²) in [5.41, 5.74) is 0.948. The molecule has 0 saturated carbocycles. The van der Waals surface area contributed by atoms with Gasteiger partial charge < -0.3 is 9.47 Å². The third kappa shape index (κ3) is 8.16. The molecule has 1 atom stereocenters. The van der Waals surface area contributed by atoms with E-state index in [0.717, 1.165) is 36.6 Å². The fourth-order valence-electron chi connectivity index (χ4n) is 3.79. The summed E-state index contributed by atoms with van der Waals surface area (Å²) in [6.45, 7) is 4.95. The van der Waals surface area contributed by atoms with Gasteiger partial charge in [-0.3, -0.25) is 4.90 Å². The number of rotatable bonds is 11. The van der Waals surface area contributed by atoms with Crippen molar-refractivity contribution in [2.75, 3.05) is 13.1 Å². The fourth-order valence-corrected chi connectivity index (χ4v) is 3.79. The molecule has 2 aromatic carbocycles. The van der Waals surface area contributed by atoms with Crippen molar-refractivity contribution < 1.29 is 13.9 Å². The quantitative estimate of drug-likeness (QED) is 0.355. The van der Waals surface area contributed by atoms with Crippen LogP contribution >= 0.6 is 12.4 Å². The smallest absolute Gasteiger partial charge is 0.152 e. The van der Waals surface area contributed by atoms with Crippen LogP contribution in [0, 0.1) is 5.82 Å². The standard InChI is InChI=1S/C25H34FNO2.ClH/c1-2-3-4-5-7-18-27-19-8-6-9-25(27)29-24-16-14-23(15-17-24)28-20-21-10-12-22(26)13-11-21;/h10-17,25H,2-9,18-20H2,1H3;1H. The Morgan fingerprint density at radius 1 is 0.900 bits per heavy atom. The Balaban J connectivity index is 0.00000320. The third-order valence-corrected chi connectivity index (χ3v) is 5.52. The van der Waals surface area contributed by atoms with Gasteiger partial charge in [-0.25, -0.2) is 4.39 Å². The summed E-state index contributed by atoms with van der Waals surface area (Å²) in [6.07, 6.45) is 10.3. The minimum Gasteiger partial charge on any atom is -0.489 e.